The first kappa shape index (κ1) is 36.0. The fraction of sp³-hybridized carbons (Fsp3) is 0.548. The Morgan fingerprint density at radius 3 is 2.24 bits per heavy atom. The SMILES string of the molecule is CC(C)(C)OC(=O)N[C@H]1CCN(c2ccc(-c3ccccc3S(=O)(=O)N(COCC[Si](C)(C)C)C(=O)OC(C)(C)C)cn2)C1=O. The second kappa shape index (κ2) is 13.9. The van der Waals surface area contributed by atoms with E-state index in [9.17, 15) is 22.8 Å². The zero-order chi connectivity index (χ0) is 33.8. The monoisotopic (exact) mass is 662 g/mol. The molecule has 2 aromatic rings. The Morgan fingerprint density at radius 2 is 1.67 bits per heavy atom. The Labute approximate surface area is 267 Å². The molecular formula is C31H46N4O8SSi. The van der Waals surface area contributed by atoms with Gasteiger partial charge in [-0.15, -0.1) is 0 Å². The molecule has 1 aromatic carbocycles. The molecule has 0 saturated carbocycles. The maximum atomic E-state index is 14.0. The molecule has 248 valence electrons. The van der Waals surface area contributed by atoms with Gasteiger partial charge in [0.05, 0.1) is 4.90 Å². The fourth-order valence-electron chi connectivity index (χ4n) is 4.30. The lowest BCUT2D eigenvalue weighted by Crippen LogP contribution is -2.43. The summed E-state index contributed by atoms with van der Waals surface area (Å²) in [4.78, 5) is 44.1. The molecule has 0 spiro atoms. The van der Waals surface area contributed by atoms with Gasteiger partial charge in [0.2, 0.25) is 0 Å². The summed E-state index contributed by atoms with van der Waals surface area (Å²) in [6, 6.07) is 9.58. The number of hydrogen-bond acceptors (Lipinski definition) is 9. The molecule has 1 N–H and O–H groups in total. The van der Waals surface area contributed by atoms with Crippen LogP contribution in [0.25, 0.3) is 11.1 Å². The summed E-state index contributed by atoms with van der Waals surface area (Å²) in [5.41, 5.74) is -0.866. The van der Waals surface area contributed by atoms with Gasteiger partial charge in [0.15, 0.2) is 0 Å². The van der Waals surface area contributed by atoms with Crippen LogP contribution in [-0.2, 0) is 29.0 Å². The molecule has 0 radical (unpaired) electrons. The zero-order valence-electron chi connectivity index (χ0n) is 27.7. The number of alkyl carbamates (subject to hydrolysis) is 1. The van der Waals surface area contributed by atoms with E-state index in [-0.39, 0.29) is 10.8 Å². The Hall–Kier alpha value is -3.49. The number of pyridine rings is 1. The number of anilines is 1. The van der Waals surface area contributed by atoms with E-state index >= 15 is 0 Å². The number of rotatable bonds is 10. The Morgan fingerprint density at radius 1 is 1.02 bits per heavy atom. The van der Waals surface area contributed by atoms with Crippen LogP contribution in [0, 0.1) is 0 Å². The van der Waals surface area contributed by atoms with Crippen molar-refractivity contribution in [2.45, 2.75) is 95.8 Å². The number of nitrogens with zero attached hydrogens (tertiary/aromatic N) is 3. The molecule has 3 rings (SSSR count). The molecule has 0 bridgehead atoms. The van der Waals surface area contributed by atoms with Crippen molar-refractivity contribution in [2.75, 3.05) is 24.8 Å². The van der Waals surface area contributed by atoms with Crippen LogP contribution >= 0.6 is 0 Å². The van der Waals surface area contributed by atoms with Crippen molar-refractivity contribution in [3.63, 3.8) is 0 Å². The van der Waals surface area contributed by atoms with Crippen molar-refractivity contribution in [1.82, 2.24) is 14.6 Å². The van der Waals surface area contributed by atoms with Crippen LogP contribution in [0.4, 0.5) is 15.4 Å². The van der Waals surface area contributed by atoms with Crippen molar-refractivity contribution < 1.29 is 37.0 Å². The number of sulfonamides is 1. The highest BCUT2D eigenvalue weighted by molar-refractivity contribution is 7.89. The molecule has 1 atom stereocenters. The topological polar surface area (TPSA) is 144 Å². The summed E-state index contributed by atoms with van der Waals surface area (Å²) in [6.07, 6.45) is 0.128. The lowest BCUT2D eigenvalue weighted by molar-refractivity contribution is -0.118. The maximum Gasteiger partial charge on any atom is 0.426 e. The van der Waals surface area contributed by atoms with Gasteiger partial charge in [0.1, 0.15) is 29.8 Å². The van der Waals surface area contributed by atoms with E-state index in [1.807, 2.05) is 0 Å². The van der Waals surface area contributed by atoms with Crippen LogP contribution in [-0.4, -0.2) is 81.0 Å². The molecule has 1 fully saturated rings. The Bertz CT molecular complexity index is 1480. The van der Waals surface area contributed by atoms with Gasteiger partial charge in [-0.1, -0.05) is 37.8 Å². The summed E-state index contributed by atoms with van der Waals surface area (Å²) in [5, 5.41) is 2.61. The van der Waals surface area contributed by atoms with Crippen LogP contribution in [0.3, 0.4) is 0 Å². The molecule has 1 aliphatic heterocycles. The van der Waals surface area contributed by atoms with E-state index in [1.54, 1.807) is 71.9 Å². The summed E-state index contributed by atoms with van der Waals surface area (Å²) >= 11 is 0. The van der Waals surface area contributed by atoms with E-state index in [0.717, 1.165) is 6.04 Å². The molecule has 1 aromatic heterocycles. The minimum Gasteiger partial charge on any atom is -0.444 e. The van der Waals surface area contributed by atoms with Gasteiger partial charge in [-0.2, -0.15) is 4.31 Å². The second-order valence-electron chi connectivity index (χ2n) is 14.1. The predicted molar refractivity (Wildman–Crippen MR) is 174 cm³/mol. The summed E-state index contributed by atoms with van der Waals surface area (Å²) in [7, 11) is -5.89. The van der Waals surface area contributed by atoms with E-state index < -0.39 is 54.3 Å². The van der Waals surface area contributed by atoms with Crippen LogP contribution in [0.1, 0.15) is 48.0 Å². The number of aromatic nitrogens is 1. The molecule has 14 heteroatoms. The van der Waals surface area contributed by atoms with Gasteiger partial charge in [-0.05, 0) is 72.2 Å². The van der Waals surface area contributed by atoms with E-state index in [4.69, 9.17) is 14.2 Å². The molecule has 12 nitrogen and oxygen atoms in total. The average molecular weight is 663 g/mol. The van der Waals surface area contributed by atoms with Crippen LogP contribution < -0.4 is 10.2 Å². The second-order valence-corrected chi connectivity index (χ2v) is 21.5. The number of ether oxygens (including phenoxy) is 3. The van der Waals surface area contributed by atoms with Crippen molar-refractivity contribution in [1.29, 1.82) is 0 Å². The summed E-state index contributed by atoms with van der Waals surface area (Å²) in [5.74, 6) is 0.0231. The van der Waals surface area contributed by atoms with Crippen molar-refractivity contribution in [3.8, 4) is 11.1 Å². The molecule has 1 aliphatic rings. The van der Waals surface area contributed by atoms with Crippen LogP contribution in [0.15, 0.2) is 47.5 Å². The highest BCUT2D eigenvalue weighted by atomic mass is 32.2. The summed E-state index contributed by atoms with van der Waals surface area (Å²) in [6.45, 7) is 16.8. The van der Waals surface area contributed by atoms with Gasteiger partial charge < -0.3 is 19.5 Å². The van der Waals surface area contributed by atoms with Crippen LogP contribution in [0.2, 0.25) is 25.7 Å². The van der Waals surface area contributed by atoms with Gasteiger partial charge in [0, 0.05) is 38.5 Å². The summed E-state index contributed by atoms with van der Waals surface area (Å²) < 4.78 is 45.0. The Kier molecular flexibility index (Phi) is 11.1. The van der Waals surface area contributed by atoms with E-state index in [1.165, 1.54) is 17.2 Å². The first-order valence-corrected chi connectivity index (χ1v) is 20.0. The lowest BCUT2D eigenvalue weighted by atomic mass is 10.1. The quantitative estimate of drug-likeness (QED) is 0.195. The van der Waals surface area contributed by atoms with Crippen LogP contribution in [0.5, 0.6) is 0 Å². The number of amides is 3. The smallest absolute Gasteiger partial charge is 0.426 e. The molecule has 3 amide bonds. The third kappa shape index (κ3) is 10.3. The fourth-order valence-corrected chi connectivity index (χ4v) is 6.46. The third-order valence-corrected chi connectivity index (χ3v) is 9.94. The number of benzene rings is 1. The highest BCUT2D eigenvalue weighted by Gasteiger charge is 2.37. The number of nitrogens with one attached hydrogen (secondary N) is 1. The number of carbonyl (C=O) groups is 3. The van der Waals surface area contributed by atoms with Gasteiger partial charge >= 0.3 is 12.2 Å². The number of carbonyl (C=O) groups excluding carboxylic acids is 3. The predicted octanol–water partition coefficient (Wildman–Crippen LogP) is 5.62. The average Bonchev–Trinajstić information content (AvgIpc) is 3.25. The van der Waals surface area contributed by atoms with Crippen molar-refractivity contribution in [3.05, 3.63) is 42.6 Å². The molecule has 2 heterocycles. The highest BCUT2D eigenvalue weighted by Crippen LogP contribution is 2.31. The molecule has 0 aliphatic carbocycles. The minimum atomic E-state index is -4.43. The molecule has 1 saturated heterocycles. The zero-order valence-corrected chi connectivity index (χ0v) is 29.5. The van der Waals surface area contributed by atoms with Crippen molar-refractivity contribution in [2.24, 2.45) is 0 Å². The molecule has 45 heavy (non-hydrogen) atoms. The Balaban J connectivity index is 1.85. The van der Waals surface area contributed by atoms with Gasteiger partial charge in [0.25, 0.3) is 15.9 Å². The van der Waals surface area contributed by atoms with E-state index in [2.05, 4.69) is 29.9 Å². The molecular weight excluding hydrogens is 617 g/mol. The third-order valence-electron chi connectivity index (χ3n) is 6.49. The maximum absolute atomic E-state index is 14.0. The first-order valence-electron chi connectivity index (χ1n) is 14.9. The van der Waals surface area contributed by atoms with Gasteiger partial charge in [-0.25, -0.2) is 23.0 Å². The number of hydrogen-bond donors (Lipinski definition) is 1. The minimum absolute atomic E-state index is 0.127. The molecule has 0 unspecified atom stereocenters. The van der Waals surface area contributed by atoms with Gasteiger partial charge in [-0.3, -0.25) is 9.69 Å². The van der Waals surface area contributed by atoms with Crippen molar-refractivity contribution >= 4 is 42.0 Å². The lowest BCUT2D eigenvalue weighted by Gasteiger charge is -2.27. The van der Waals surface area contributed by atoms with E-state index in [0.29, 0.717) is 40.8 Å². The normalized spacial score (nSPS) is 16.0. The first-order chi connectivity index (χ1) is 20.7. The standard InChI is InChI=1S/C31H46N4O8SSi/c1-30(2,3)42-28(37)33-24-16-17-34(27(24)36)26-15-14-22(20-32-26)23-12-10-11-13-25(23)44(39,40)35(29(38)43-31(4,5)6)21-41-18-19-45(7,8)9/h10-15,20,24H,16-19,21H2,1-9H3,(H,33,37)/t24-/m0/s1. The largest absolute Gasteiger partial charge is 0.444 e.